The highest BCUT2D eigenvalue weighted by Gasteiger charge is 2.09. The Morgan fingerprint density at radius 3 is 2.69 bits per heavy atom. The Hall–Kier alpha value is -1.13. The first kappa shape index (κ1) is 12.9. The van der Waals surface area contributed by atoms with Crippen LogP contribution in [0.1, 0.15) is 26.3 Å². The summed E-state index contributed by atoms with van der Waals surface area (Å²) >= 11 is 0. The molecule has 0 aliphatic rings. The van der Waals surface area contributed by atoms with Gasteiger partial charge >= 0.3 is 0 Å². The number of hydrogen-bond acceptors (Lipinski definition) is 4. The Balaban J connectivity index is 2.37. The van der Waals surface area contributed by atoms with Crippen LogP contribution in [0.3, 0.4) is 0 Å². The molecule has 0 aromatic carbocycles. The number of ether oxygens (including phenoxy) is 2. The second-order valence-electron chi connectivity index (χ2n) is 4.45. The number of hydrogen-bond donors (Lipinski definition) is 1. The molecule has 4 heteroatoms. The summed E-state index contributed by atoms with van der Waals surface area (Å²) in [4.78, 5) is 3.94. The van der Waals surface area contributed by atoms with Gasteiger partial charge < -0.3 is 14.6 Å². The third-order valence-electron chi connectivity index (χ3n) is 1.92. The molecule has 1 N–H and O–H groups in total. The van der Waals surface area contributed by atoms with Crippen molar-refractivity contribution in [2.24, 2.45) is 0 Å². The van der Waals surface area contributed by atoms with Gasteiger partial charge in [0.15, 0.2) is 0 Å². The normalized spacial score (nSPS) is 11.5. The summed E-state index contributed by atoms with van der Waals surface area (Å²) in [5.74, 6) is 0.613. The van der Waals surface area contributed by atoms with Crippen LogP contribution in [0.15, 0.2) is 18.5 Å². The van der Waals surface area contributed by atoms with Crippen LogP contribution in [0.5, 0.6) is 5.75 Å². The largest absolute Gasteiger partial charge is 0.489 e. The van der Waals surface area contributed by atoms with E-state index in [4.69, 9.17) is 14.6 Å². The number of rotatable bonds is 5. The second kappa shape index (κ2) is 5.82. The van der Waals surface area contributed by atoms with Gasteiger partial charge in [0.05, 0.1) is 25.0 Å². The van der Waals surface area contributed by atoms with Gasteiger partial charge in [-0.15, -0.1) is 0 Å². The summed E-state index contributed by atoms with van der Waals surface area (Å²) in [6, 6.07) is 1.74. The summed E-state index contributed by atoms with van der Waals surface area (Å²) in [5.41, 5.74) is 0.587. The Labute approximate surface area is 96.2 Å². The van der Waals surface area contributed by atoms with Crippen molar-refractivity contribution in [2.75, 3.05) is 13.2 Å². The zero-order valence-corrected chi connectivity index (χ0v) is 10.1. The van der Waals surface area contributed by atoms with Gasteiger partial charge in [-0.25, -0.2) is 0 Å². The lowest BCUT2D eigenvalue weighted by Crippen LogP contribution is -2.22. The molecule has 0 fully saturated rings. The Morgan fingerprint density at radius 2 is 2.06 bits per heavy atom. The van der Waals surface area contributed by atoms with Gasteiger partial charge in [-0.3, -0.25) is 4.98 Å². The average Bonchev–Trinajstić information content (AvgIpc) is 2.23. The molecule has 0 bridgehead atoms. The Kier molecular flexibility index (Phi) is 4.71. The van der Waals surface area contributed by atoms with Crippen molar-refractivity contribution in [3.63, 3.8) is 0 Å². The first-order valence-corrected chi connectivity index (χ1v) is 5.33. The van der Waals surface area contributed by atoms with Gasteiger partial charge in [0.1, 0.15) is 12.4 Å². The molecule has 0 radical (unpaired) electrons. The van der Waals surface area contributed by atoms with Crippen molar-refractivity contribution < 1.29 is 14.6 Å². The molecule has 90 valence electrons. The summed E-state index contributed by atoms with van der Waals surface area (Å²) in [7, 11) is 0. The van der Waals surface area contributed by atoms with Crippen molar-refractivity contribution in [2.45, 2.75) is 33.0 Å². The smallest absolute Gasteiger partial charge is 0.143 e. The highest BCUT2D eigenvalue weighted by atomic mass is 16.5. The molecule has 0 amide bonds. The van der Waals surface area contributed by atoms with Crippen LogP contribution in [-0.2, 0) is 11.3 Å². The van der Waals surface area contributed by atoms with Crippen molar-refractivity contribution in [3.8, 4) is 5.75 Å². The molecule has 1 aromatic rings. The van der Waals surface area contributed by atoms with Gasteiger partial charge in [-0.05, 0) is 26.8 Å². The lowest BCUT2D eigenvalue weighted by Gasteiger charge is -2.19. The fraction of sp³-hybridized carbons (Fsp3) is 0.583. The second-order valence-corrected chi connectivity index (χ2v) is 4.45. The third kappa shape index (κ3) is 4.59. The average molecular weight is 225 g/mol. The first-order valence-electron chi connectivity index (χ1n) is 5.33. The van der Waals surface area contributed by atoms with Gasteiger partial charge in [0.2, 0.25) is 0 Å². The molecule has 1 heterocycles. The molecule has 0 saturated heterocycles. The minimum atomic E-state index is -0.155. The molecule has 0 atom stereocenters. The van der Waals surface area contributed by atoms with E-state index in [9.17, 15) is 0 Å². The lowest BCUT2D eigenvalue weighted by molar-refractivity contribution is -0.0165. The van der Waals surface area contributed by atoms with E-state index in [0.29, 0.717) is 19.0 Å². The first-order chi connectivity index (χ1) is 7.53. The molecule has 1 aromatic heterocycles. The molecule has 0 aliphatic carbocycles. The van der Waals surface area contributed by atoms with Crippen LogP contribution in [-0.4, -0.2) is 28.9 Å². The molecular formula is C12H19NO3. The number of nitrogens with zero attached hydrogens (tertiary/aromatic N) is 1. The van der Waals surface area contributed by atoms with E-state index in [-0.39, 0.29) is 12.2 Å². The molecule has 4 nitrogen and oxygen atoms in total. The van der Waals surface area contributed by atoms with Crippen LogP contribution < -0.4 is 4.74 Å². The maximum Gasteiger partial charge on any atom is 0.143 e. The number of aliphatic hydroxyl groups is 1. The predicted molar refractivity (Wildman–Crippen MR) is 61.4 cm³/mol. The molecule has 0 unspecified atom stereocenters. The summed E-state index contributed by atoms with van der Waals surface area (Å²) in [6.07, 6.45) is 3.23. The molecular weight excluding hydrogens is 206 g/mol. The zero-order valence-electron chi connectivity index (χ0n) is 10.1. The van der Waals surface area contributed by atoms with Gasteiger partial charge in [-0.1, -0.05) is 0 Å². The third-order valence-corrected chi connectivity index (χ3v) is 1.92. The van der Waals surface area contributed by atoms with E-state index in [1.165, 1.54) is 0 Å². The van der Waals surface area contributed by atoms with Crippen LogP contribution in [0.25, 0.3) is 0 Å². The SMILES string of the molecule is CC(C)(C)OCCOc1cnccc1CO. The topological polar surface area (TPSA) is 51.6 Å². The standard InChI is InChI=1S/C12H19NO3/c1-12(2,3)16-7-6-15-11-8-13-5-4-10(11)9-14/h4-5,8,14H,6-7,9H2,1-3H3. The lowest BCUT2D eigenvalue weighted by atomic mass is 10.2. The maximum atomic E-state index is 9.07. The van der Waals surface area contributed by atoms with Crippen LogP contribution in [0.4, 0.5) is 0 Å². The Morgan fingerprint density at radius 1 is 1.31 bits per heavy atom. The van der Waals surface area contributed by atoms with Crippen molar-refractivity contribution in [1.29, 1.82) is 0 Å². The minimum Gasteiger partial charge on any atom is -0.489 e. The highest BCUT2D eigenvalue weighted by molar-refractivity contribution is 5.28. The summed E-state index contributed by atoms with van der Waals surface area (Å²) in [6.45, 7) is 6.92. The zero-order chi connectivity index (χ0) is 12.0. The summed E-state index contributed by atoms with van der Waals surface area (Å²) in [5, 5.41) is 9.07. The van der Waals surface area contributed by atoms with E-state index in [1.54, 1.807) is 18.5 Å². The van der Waals surface area contributed by atoms with Gasteiger partial charge in [0.25, 0.3) is 0 Å². The quantitative estimate of drug-likeness (QED) is 0.776. The molecule has 0 saturated carbocycles. The van der Waals surface area contributed by atoms with Crippen molar-refractivity contribution in [3.05, 3.63) is 24.0 Å². The molecule has 1 rings (SSSR count). The molecule has 0 spiro atoms. The van der Waals surface area contributed by atoms with Crippen LogP contribution in [0, 0.1) is 0 Å². The van der Waals surface area contributed by atoms with Gasteiger partial charge in [-0.2, -0.15) is 0 Å². The molecule has 16 heavy (non-hydrogen) atoms. The van der Waals surface area contributed by atoms with Gasteiger partial charge in [0, 0.05) is 11.8 Å². The van der Waals surface area contributed by atoms with Crippen molar-refractivity contribution >= 4 is 0 Å². The monoisotopic (exact) mass is 225 g/mol. The van der Waals surface area contributed by atoms with E-state index in [1.807, 2.05) is 20.8 Å². The van der Waals surface area contributed by atoms with Crippen molar-refractivity contribution in [1.82, 2.24) is 4.98 Å². The van der Waals surface area contributed by atoms with Crippen LogP contribution >= 0.6 is 0 Å². The van der Waals surface area contributed by atoms with Crippen LogP contribution in [0.2, 0.25) is 0 Å². The van der Waals surface area contributed by atoms with E-state index in [0.717, 1.165) is 5.56 Å². The maximum absolute atomic E-state index is 9.07. The predicted octanol–water partition coefficient (Wildman–Crippen LogP) is 1.77. The fourth-order valence-corrected chi connectivity index (χ4v) is 1.17. The number of pyridine rings is 1. The van der Waals surface area contributed by atoms with E-state index in [2.05, 4.69) is 4.98 Å². The number of aromatic nitrogens is 1. The minimum absolute atomic E-state index is 0.0437. The fourth-order valence-electron chi connectivity index (χ4n) is 1.17. The van der Waals surface area contributed by atoms with E-state index >= 15 is 0 Å². The number of aliphatic hydroxyl groups excluding tert-OH is 1. The molecule has 0 aliphatic heterocycles. The van der Waals surface area contributed by atoms with E-state index < -0.39 is 0 Å². The summed E-state index contributed by atoms with van der Waals surface area (Å²) < 4.78 is 11.0. The highest BCUT2D eigenvalue weighted by Crippen LogP contribution is 2.16. The Bertz CT molecular complexity index is 320.